The first-order valence-corrected chi connectivity index (χ1v) is 6.93. The maximum absolute atomic E-state index is 12.2. The van der Waals surface area contributed by atoms with E-state index in [-0.39, 0.29) is 11.8 Å². The van der Waals surface area contributed by atoms with Crippen molar-refractivity contribution in [2.24, 2.45) is 5.92 Å². The fourth-order valence-corrected chi connectivity index (χ4v) is 2.43. The summed E-state index contributed by atoms with van der Waals surface area (Å²) in [6, 6.07) is 5.79. The second kappa shape index (κ2) is 5.87. The number of amides is 1. The Kier molecular flexibility index (Phi) is 4.20. The molecule has 2 heterocycles. The summed E-state index contributed by atoms with van der Waals surface area (Å²) in [5.41, 5.74) is 1.17. The van der Waals surface area contributed by atoms with E-state index in [0.717, 1.165) is 5.76 Å². The molecule has 0 N–H and O–H groups in total. The molecular formula is C14H17NO2S. The molecule has 0 aliphatic carbocycles. The van der Waals surface area contributed by atoms with Gasteiger partial charge in [0.2, 0.25) is 5.91 Å². The van der Waals surface area contributed by atoms with E-state index in [9.17, 15) is 4.79 Å². The molecule has 2 aromatic rings. The predicted molar refractivity (Wildman–Crippen MR) is 72.1 cm³/mol. The maximum atomic E-state index is 12.2. The van der Waals surface area contributed by atoms with Crippen molar-refractivity contribution >= 4 is 17.2 Å². The van der Waals surface area contributed by atoms with Gasteiger partial charge in [-0.1, -0.05) is 13.8 Å². The number of carbonyl (C=O) groups is 1. The molecule has 2 rings (SSSR count). The SMILES string of the molecule is CC(C)C(=O)N(Cc1ccsc1)Cc1ccco1. The standard InChI is InChI=1S/C14H17NO2S/c1-11(2)14(16)15(8-12-5-7-18-10-12)9-13-4-3-6-17-13/h3-7,10-11H,8-9H2,1-2H3. The molecule has 4 heteroatoms. The van der Waals surface area contributed by atoms with Crippen molar-refractivity contribution in [2.75, 3.05) is 0 Å². The highest BCUT2D eigenvalue weighted by molar-refractivity contribution is 7.07. The van der Waals surface area contributed by atoms with Crippen LogP contribution in [0.3, 0.4) is 0 Å². The first kappa shape index (κ1) is 12.9. The summed E-state index contributed by atoms with van der Waals surface area (Å²) in [6.07, 6.45) is 1.64. The van der Waals surface area contributed by atoms with E-state index in [1.165, 1.54) is 5.56 Å². The lowest BCUT2D eigenvalue weighted by molar-refractivity contribution is -0.136. The summed E-state index contributed by atoms with van der Waals surface area (Å²) in [5.74, 6) is 0.968. The van der Waals surface area contributed by atoms with E-state index in [2.05, 4.69) is 5.38 Å². The lowest BCUT2D eigenvalue weighted by Gasteiger charge is -2.23. The van der Waals surface area contributed by atoms with Crippen LogP contribution in [0.5, 0.6) is 0 Å². The zero-order valence-electron chi connectivity index (χ0n) is 10.6. The monoisotopic (exact) mass is 263 g/mol. The number of nitrogens with zero attached hydrogens (tertiary/aromatic N) is 1. The van der Waals surface area contributed by atoms with Crippen LogP contribution in [0.1, 0.15) is 25.2 Å². The minimum atomic E-state index is -0.00130. The Hall–Kier alpha value is -1.55. The number of thiophene rings is 1. The third-order valence-electron chi connectivity index (χ3n) is 2.69. The van der Waals surface area contributed by atoms with Crippen LogP contribution < -0.4 is 0 Å². The van der Waals surface area contributed by atoms with Crippen molar-refractivity contribution in [3.05, 3.63) is 46.5 Å². The lowest BCUT2D eigenvalue weighted by Crippen LogP contribution is -2.33. The van der Waals surface area contributed by atoms with Gasteiger partial charge in [-0.2, -0.15) is 11.3 Å². The fourth-order valence-electron chi connectivity index (χ4n) is 1.77. The van der Waals surface area contributed by atoms with Gasteiger partial charge in [0, 0.05) is 12.5 Å². The summed E-state index contributed by atoms with van der Waals surface area (Å²) in [5, 5.41) is 4.10. The quantitative estimate of drug-likeness (QED) is 0.827. The number of hydrogen-bond donors (Lipinski definition) is 0. The molecule has 96 valence electrons. The Morgan fingerprint density at radius 2 is 2.22 bits per heavy atom. The molecule has 3 nitrogen and oxygen atoms in total. The molecule has 0 bridgehead atoms. The molecule has 18 heavy (non-hydrogen) atoms. The van der Waals surface area contributed by atoms with Crippen molar-refractivity contribution in [1.82, 2.24) is 4.90 Å². The van der Waals surface area contributed by atoms with Crippen LogP contribution in [0.4, 0.5) is 0 Å². The van der Waals surface area contributed by atoms with Gasteiger partial charge in [-0.25, -0.2) is 0 Å². The van der Waals surface area contributed by atoms with Crippen molar-refractivity contribution < 1.29 is 9.21 Å². The van der Waals surface area contributed by atoms with Crippen LogP contribution in [0.15, 0.2) is 39.6 Å². The molecule has 1 amide bonds. The van der Waals surface area contributed by atoms with E-state index < -0.39 is 0 Å². The molecule has 0 saturated carbocycles. The molecule has 2 aromatic heterocycles. The molecule has 0 aliphatic rings. The molecule has 0 aromatic carbocycles. The molecule has 0 fully saturated rings. The minimum Gasteiger partial charge on any atom is -0.467 e. The molecule has 0 atom stereocenters. The zero-order chi connectivity index (χ0) is 13.0. The van der Waals surface area contributed by atoms with Crippen LogP contribution in [0, 0.1) is 5.92 Å². The van der Waals surface area contributed by atoms with E-state index in [1.807, 2.05) is 42.3 Å². The topological polar surface area (TPSA) is 33.5 Å². The van der Waals surface area contributed by atoms with E-state index in [1.54, 1.807) is 17.6 Å². The number of furan rings is 1. The predicted octanol–water partition coefficient (Wildman–Crippen LogP) is 3.53. The first-order valence-electron chi connectivity index (χ1n) is 5.99. The van der Waals surface area contributed by atoms with Crippen molar-refractivity contribution in [1.29, 1.82) is 0 Å². The normalized spacial score (nSPS) is 10.8. The molecule has 0 radical (unpaired) electrons. The number of carbonyl (C=O) groups excluding carboxylic acids is 1. The summed E-state index contributed by atoms with van der Waals surface area (Å²) >= 11 is 1.65. The third kappa shape index (κ3) is 3.23. The lowest BCUT2D eigenvalue weighted by atomic mass is 10.1. The van der Waals surface area contributed by atoms with E-state index >= 15 is 0 Å². The molecule has 0 unspecified atom stereocenters. The van der Waals surface area contributed by atoms with Crippen LogP contribution in [-0.4, -0.2) is 10.8 Å². The smallest absolute Gasteiger partial charge is 0.225 e. The zero-order valence-corrected chi connectivity index (χ0v) is 11.4. The average Bonchev–Trinajstić information content (AvgIpc) is 2.99. The van der Waals surface area contributed by atoms with Gasteiger partial charge in [0.15, 0.2) is 0 Å². The second-order valence-corrected chi connectivity index (χ2v) is 5.34. The van der Waals surface area contributed by atoms with Crippen LogP contribution in [-0.2, 0) is 17.9 Å². The number of rotatable bonds is 5. The summed E-state index contributed by atoms with van der Waals surface area (Å²) < 4.78 is 5.32. The average molecular weight is 263 g/mol. The Labute approximate surface area is 111 Å². The summed E-state index contributed by atoms with van der Waals surface area (Å²) in [7, 11) is 0. The van der Waals surface area contributed by atoms with Crippen molar-refractivity contribution in [2.45, 2.75) is 26.9 Å². The van der Waals surface area contributed by atoms with Crippen molar-refractivity contribution in [3.8, 4) is 0 Å². The van der Waals surface area contributed by atoms with Gasteiger partial charge < -0.3 is 9.32 Å². The Balaban J connectivity index is 2.09. The van der Waals surface area contributed by atoms with E-state index in [4.69, 9.17) is 4.42 Å². The van der Waals surface area contributed by atoms with Crippen molar-refractivity contribution in [3.63, 3.8) is 0 Å². The van der Waals surface area contributed by atoms with E-state index in [0.29, 0.717) is 13.1 Å². The summed E-state index contributed by atoms with van der Waals surface area (Å²) in [4.78, 5) is 14.0. The maximum Gasteiger partial charge on any atom is 0.225 e. The molecule has 0 saturated heterocycles. The molecule has 0 spiro atoms. The fraction of sp³-hybridized carbons (Fsp3) is 0.357. The van der Waals surface area contributed by atoms with Gasteiger partial charge in [0.05, 0.1) is 12.8 Å². The highest BCUT2D eigenvalue weighted by Gasteiger charge is 2.18. The van der Waals surface area contributed by atoms with Gasteiger partial charge in [0.25, 0.3) is 0 Å². The highest BCUT2D eigenvalue weighted by atomic mass is 32.1. The van der Waals surface area contributed by atoms with Crippen LogP contribution in [0.25, 0.3) is 0 Å². The van der Waals surface area contributed by atoms with Gasteiger partial charge in [-0.05, 0) is 34.5 Å². The molecular weight excluding hydrogens is 246 g/mol. The number of hydrogen-bond acceptors (Lipinski definition) is 3. The Morgan fingerprint density at radius 1 is 1.39 bits per heavy atom. The largest absolute Gasteiger partial charge is 0.467 e. The Bertz CT molecular complexity index is 438. The van der Waals surface area contributed by atoms with Gasteiger partial charge in [-0.15, -0.1) is 0 Å². The highest BCUT2D eigenvalue weighted by Crippen LogP contribution is 2.15. The van der Waals surface area contributed by atoms with Gasteiger partial charge >= 0.3 is 0 Å². The first-order chi connectivity index (χ1) is 8.66. The Morgan fingerprint density at radius 3 is 2.78 bits per heavy atom. The summed E-state index contributed by atoms with van der Waals surface area (Å²) in [6.45, 7) is 5.01. The minimum absolute atomic E-state index is 0.00130. The van der Waals surface area contributed by atoms with Gasteiger partial charge in [-0.3, -0.25) is 4.79 Å². The molecule has 0 aliphatic heterocycles. The van der Waals surface area contributed by atoms with Crippen LogP contribution >= 0.6 is 11.3 Å². The third-order valence-corrected chi connectivity index (χ3v) is 3.42. The van der Waals surface area contributed by atoms with Crippen LogP contribution in [0.2, 0.25) is 0 Å². The van der Waals surface area contributed by atoms with Gasteiger partial charge in [0.1, 0.15) is 5.76 Å². The second-order valence-electron chi connectivity index (χ2n) is 4.56.